The molecule has 0 fully saturated rings. The van der Waals surface area contributed by atoms with Crippen LogP contribution in [0.4, 0.5) is 25.0 Å². The van der Waals surface area contributed by atoms with Gasteiger partial charge in [-0.2, -0.15) is 0 Å². The monoisotopic (exact) mass is 403 g/mol. The number of nitrogens with zero attached hydrogens (tertiary/aromatic N) is 2. The molecule has 1 aliphatic heterocycles. The fraction of sp³-hybridized carbons (Fsp3) is 0.0455. The van der Waals surface area contributed by atoms with Gasteiger partial charge in [-0.15, -0.1) is 0 Å². The maximum atomic E-state index is 13.7. The van der Waals surface area contributed by atoms with E-state index in [9.17, 15) is 13.6 Å². The second-order valence-corrected chi connectivity index (χ2v) is 6.84. The van der Waals surface area contributed by atoms with Gasteiger partial charge in [0.1, 0.15) is 17.3 Å². The number of urea groups is 1. The van der Waals surface area contributed by atoms with Crippen LogP contribution in [0.15, 0.2) is 65.7 Å². The Balaban J connectivity index is 1.38. The number of anilines is 2. The van der Waals surface area contributed by atoms with E-state index < -0.39 is 17.7 Å². The minimum Gasteiger partial charge on any atom is -0.337 e. The van der Waals surface area contributed by atoms with Gasteiger partial charge in [0, 0.05) is 17.3 Å². The third-order valence-corrected chi connectivity index (χ3v) is 4.82. The van der Waals surface area contributed by atoms with E-state index in [0.717, 1.165) is 33.9 Å². The van der Waals surface area contributed by atoms with Crippen LogP contribution >= 0.6 is 0 Å². The Morgan fingerprint density at radius 2 is 1.87 bits per heavy atom. The summed E-state index contributed by atoms with van der Waals surface area (Å²) in [7, 11) is 0. The van der Waals surface area contributed by atoms with Crippen molar-refractivity contribution in [1.29, 1.82) is 0 Å². The van der Waals surface area contributed by atoms with Crippen LogP contribution in [0.25, 0.3) is 11.0 Å². The Morgan fingerprint density at radius 1 is 1.00 bits per heavy atom. The zero-order valence-corrected chi connectivity index (χ0v) is 15.5. The number of rotatable bonds is 3. The minimum atomic E-state index is -0.849. The molecule has 0 atom stereocenters. The molecule has 1 aliphatic rings. The molecule has 3 N–H and O–H groups in total. The van der Waals surface area contributed by atoms with E-state index in [4.69, 9.17) is 0 Å². The maximum Gasteiger partial charge on any atom is 0.323 e. The van der Waals surface area contributed by atoms with E-state index in [0.29, 0.717) is 24.1 Å². The molecule has 1 aromatic heterocycles. The average Bonchev–Trinajstić information content (AvgIpc) is 3.33. The number of benzene rings is 3. The topological polar surface area (TPSA) is 82.2 Å². The molecule has 6 nitrogen and oxygen atoms in total. The number of aromatic nitrogens is 2. The first-order valence-electron chi connectivity index (χ1n) is 9.23. The molecular weight excluding hydrogens is 388 g/mol. The number of H-pyrrole nitrogens is 1. The highest BCUT2D eigenvalue weighted by molar-refractivity contribution is 6.14. The third-order valence-electron chi connectivity index (χ3n) is 4.82. The first-order chi connectivity index (χ1) is 14.6. The van der Waals surface area contributed by atoms with Gasteiger partial charge >= 0.3 is 6.03 Å². The first kappa shape index (κ1) is 18.0. The van der Waals surface area contributed by atoms with Crippen LogP contribution in [0.1, 0.15) is 17.0 Å². The SMILES string of the molecule is O=C(Nc1ccc2c(c1)C(c1nc3ccccc3[nH]1)=NC2)Nc1ccc(F)cc1F. The number of hydrogen-bond donors (Lipinski definition) is 3. The number of fused-ring (bicyclic) bond motifs is 2. The van der Waals surface area contributed by atoms with E-state index in [1.54, 1.807) is 12.1 Å². The predicted molar refractivity (Wildman–Crippen MR) is 111 cm³/mol. The molecule has 2 heterocycles. The van der Waals surface area contributed by atoms with Gasteiger partial charge in [-0.3, -0.25) is 4.99 Å². The van der Waals surface area contributed by atoms with Crippen LogP contribution in [-0.4, -0.2) is 21.7 Å². The summed E-state index contributed by atoms with van der Waals surface area (Å²) in [6.07, 6.45) is 0. The Labute approximate surface area is 169 Å². The smallest absolute Gasteiger partial charge is 0.323 e. The summed E-state index contributed by atoms with van der Waals surface area (Å²) in [6, 6.07) is 15.4. The summed E-state index contributed by atoms with van der Waals surface area (Å²) in [6.45, 7) is 0.523. The molecular formula is C22H15F2N5O. The van der Waals surface area contributed by atoms with Gasteiger partial charge in [0.2, 0.25) is 0 Å². The summed E-state index contributed by atoms with van der Waals surface area (Å²) in [5.74, 6) is -0.905. The second kappa shape index (κ2) is 7.07. The molecule has 3 aromatic carbocycles. The van der Waals surface area contributed by atoms with E-state index >= 15 is 0 Å². The minimum absolute atomic E-state index is 0.111. The third kappa shape index (κ3) is 3.28. The molecule has 0 bridgehead atoms. The fourth-order valence-corrected chi connectivity index (χ4v) is 3.40. The number of aromatic amines is 1. The van der Waals surface area contributed by atoms with Crippen molar-refractivity contribution < 1.29 is 13.6 Å². The highest BCUT2D eigenvalue weighted by Crippen LogP contribution is 2.26. The predicted octanol–water partition coefficient (Wildman–Crippen LogP) is 4.84. The Bertz CT molecular complexity index is 1300. The summed E-state index contributed by atoms with van der Waals surface area (Å²) in [5, 5.41) is 5.04. The van der Waals surface area contributed by atoms with Crippen LogP contribution < -0.4 is 10.6 Å². The van der Waals surface area contributed by atoms with Crippen LogP contribution in [0, 0.1) is 11.6 Å². The van der Waals surface area contributed by atoms with Gasteiger partial charge in [-0.1, -0.05) is 18.2 Å². The van der Waals surface area contributed by atoms with Crippen molar-refractivity contribution in [3.05, 3.63) is 89.2 Å². The van der Waals surface area contributed by atoms with Crippen LogP contribution in [0.2, 0.25) is 0 Å². The number of halogens is 2. The molecule has 0 spiro atoms. The summed E-state index contributed by atoms with van der Waals surface area (Å²) >= 11 is 0. The lowest BCUT2D eigenvalue weighted by molar-refractivity contribution is 0.262. The summed E-state index contributed by atoms with van der Waals surface area (Å²) in [5.41, 5.74) is 4.76. The highest BCUT2D eigenvalue weighted by Gasteiger charge is 2.21. The molecule has 2 amide bonds. The Hall–Kier alpha value is -4.07. The van der Waals surface area contributed by atoms with Crippen molar-refractivity contribution in [2.45, 2.75) is 6.54 Å². The van der Waals surface area contributed by atoms with Crippen molar-refractivity contribution in [3.63, 3.8) is 0 Å². The highest BCUT2D eigenvalue weighted by atomic mass is 19.1. The van der Waals surface area contributed by atoms with E-state index in [1.165, 1.54) is 6.07 Å². The number of carbonyl (C=O) groups excluding carboxylic acids is 1. The normalized spacial score (nSPS) is 12.5. The molecule has 0 unspecified atom stereocenters. The molecule has 148 valence electrons. The van der Waals surface area contributed by atoms with E-state index in [-0.39, 0.29) is 5.69 Å². The average molecular weight is 403 g/mol. The van der Waals surface area contributed by atoms with Gasteiger partial charge < -0.3 is 15.6 Å². The Morgan fingerprint density at radius 3 is 2.70 bits per heavy atom. The van der Waals surface area contributed by atoms with Gasteiger partial charge in [0.05, 0.1) is 23.3 Å². The molecule has 0 saturated heterocycles. The van der Waals surface area contributed by atoms with Crippen molar-refractivity contribution in [2.75, 3.05) is 10.6 Å². The number of nitrogens with one attached hydrogen (secondary N) is 3. The molecule has 0 radical (unpaired) electrons. The number of imidazole rings is 1. The number of carbonyl (C=O) groups is 1. The molecule has 5 rings (SSSR count). The van der Waals surface area contributed by atoms with E-state index in [2.05, 4.69) is 25.6 Å². The van der Waals surface area contributed by atoms with Crippen LogP contribution in [0.5, 0.6) is 0 Å². The first-order valence-corrected chi connectivity index (χ1v) is 9.23. The molecule has 30 heavy (non-hydrogen) atoms. The fourth-order valence-electron chi connectivity index (χ4n) is 3.40. The Kier molecular flexibility index (Phi) is 4.24. The van der Waals surface area contributed by atoms with Gasteiger partial charge in [0.25, 0.3) is 0 Å². The van der Waals surface area contributed by atoms with Crippen molar-refractivity contribution >= 4 is 34.2 Å². The largest absolute Gasteiger partial charge is 0.337 e. The van der Waals surface area contributed by atoms with Crippen molar-refractivity contribution in [2.24, 2.45) is 4.99 Å². The number of amides is 2. The van der Waals surface area contributed by atoms with Gasteiger partial charge in [-0.05, 0) is 42.0 Å². The summed E-state index contributed by atoms with van der Waals surface area (Å²) < 4.78 is 26.8. The molecule has 4 aromatic rings. The lowest BCUT2D eigenvalue weighted by atomic mass is 10.0. The summed E-state index contributed by atoms with van der Waals surface area (Å²) in [4.78, 5) is 24.7. The van der Waals surface area contributed by atoms with Gasteiger partial charge in [-0.25, -0.2) is 18.6 Å². The van der Waals surface area contributed by atoms with E-state index in [1.807, 2.05) is 30.3 Å². The number of para-hydroxylation sites is 2. The standard InChI is InChI=1S/C22H15F2N5O/c23-13-6-8-17(16(24)9-13)29-22(30)26-14-7-5-12-11-25-20(15(12)10-14)21-27-18-3-1-2-4-19(18)28-21/h1-10H,11H2,(H,27,28)(H2,26,29,30). The molecule has 0 aliphatic carbocycles. The van der Waals surface area contributed by atoms with Crippen molar-refractivity contribution in [3.8, 4) is 0 Å². The quantitative estimate of drug-likeness (QED) is 0.458. The number of aliphatic imine (C=N–C) groups is 1. The van der Waals surface area contributed by atoms with Crippen LogP contribution in [-0.2, 0) is 6.54 Å². The lowest BCUT2D eigenvalue weighted by Crippen LogP contribution is -2.20. The van der Waals surface area contributed by atoms with Crippen molar-refractivity contribution in [1.82, 2.24) is 9.97 Å². The maximum absolute atomic E-state index is 13.7. The van der Waals surface area contributed by atoms with Crippen LogP contribution in [0.3, 0.4) is 0 Å². The molecule has 8 heteroatoms. The number of hydrogen-bond acceptors (Lipinski definition) is 3. The molecule has 0 saturated carbocycles. The zero-order valence-electron chi connectivity index (χ0n) is 15.5. The second-order valence-electron chi connectivity index (χ2n) is 6.84. The zero-order chi connectivity index (χ0) is 20.7. The lowest BCUT2D eigenvalue weighted by Gasteiger charge is -2.10. The van der Waals surface area contributed by atoms with Gasteiger partial charge in [0.15, 0.2) is 5.82 Å².